The van der Waals surface area contributed by atoms with Crippen LogP contribution in [-0.2, 0) is 6.54 Å². The van der Waals surface area contributed by atoms with Gasteiger partial charge in [-0.1, -0.05) is 48.0 Å². The molecule has 0 aliphatic heterocycles. The van der Waals surface area contributed by atoms with E-state index in [0.29, 0.717) is 6.54 Å². The van der Waals surface area contributed by atoms with Gasteiger partial charge in [-0.25, -0.2) is 0 Å². The van der Waals surface area contributed by atoms with Gasteiger partial charge in [0.15, 0.2) is 0 Å². The molecule has 0 radical (unpaired) electrons. The molecular formula is C27H27ClN2. The Kier molecular flexibility index (Phi) is 5.53. The van der Waals surface area contributed by atoms with Crippen molar-refractivity contribution in [3.05, 3.63) is 99.1 Å². The van der Waals surface area contributed by atoms with Crippen molar-refractivity contribution in [2.75, 3.05) is 0 Å². The Morgan fingerprint density at radius 1 is 0.700 bits per heavy atom. The van der Waals surface area contributed by atoms with E-state index in [0.717, 1.165) is 16.3 Å². The van der Waals surface area contributed by atoms with Gasteiger partial charge in [0, 0.05) is 21.7 Å². The number of aromatic nitrogens is 2. The molecule has 0 amide bonds. The topological polar surface area (TPSA) is 17.8 Å². The van der Waals surface area contributed by atoms with Crippen LogP contribution in [-0.4, -0.2) is 9.78 Å². The van der Waals surface area contributed by atoms with Gasteiger partial charge in [-0.3, -0.25) is 4.68 Å². The second kappa shape index (κ2) is 8.12. The first-order chi connectivity index (χ1) is 14.3. The van der Waals surface area contributed by atoms with Crippen molar-refractivity contribution in [2.24, 2.45) is 0 Å². The van der Waals surface area contributed by atoms with Crippen LogP contribution in [0.25, 0.3) is 22.5 Å². The van der Waals surface area contributed by atoms with Crippen LogP contribution in [0.5, 0.6) is 0 Å². The van der Waals surface area contributed by atoms with Gasteiger partial charge in [0.05, 0.1) is 17.9 Å². The summed E-state index contributed by atoms with van der Waals surface area (Å²) in [4.78, 5) is 0. The SMILES string of the molecule is Cc1ccc(-c2nn(Cc3ccc(Cl)cc3)c(-c3ccc(C)c(C)c3)c2C)cc1C. The van der Waals surface area contributed by atoms with E-state index >= 15 is 0 Å². The molecule has 0 aliphatic carbocycles. The molecule has 3 aromatic carbocycles. The average Bonchev–Trinajstić information content (AvgIpc) is 3.04. The van der Waals surface area contributed by atoms with Crippen LogP contribution in [0.1, 0.15) is 33.4 Å². The molecule has 1 aromatic heterocycles. The van der Waals surface area contributed by atoms with Crippen molar-refractivity contribution in [3.63, 3.8) is 0 Å². The van der Waals surface area contributed by atoms with Gasteiger partial charge < -0.3 is 0 Å². The molecule has 1 heterocycles. The Hall–Kier alpha value is -2.84. The first-order valence-electron chi connectivity index (χ1n) is 10.3. The van der Waals surface area contributed by atoms with Crippen molar-refractivity contribution in [2.45, 2.75) is 41.2 Å². The van der Waals surface area contributed by atoms with Crippen molar-refractivity contribution in [1.29, 1.82) is 0 Å². The number of rotatable bonds is 4. The predicted octanol–water partition coefficient (Wildman–Crippen LogP) is 7.46. The maximum Gasteiger partial charge on any atom is 0.0959 e. The second-order valence-corrected chi connectivity index (χ2v) is 8.64. The smallest absolute Gasteiger partial charge is 0.0959 e. The summed E-state index contributed by atoms with van der Waals surface area (Å²) in [5.41, 5.74) is 12.1. The van der Waals surface area contributed by atoms with E-state index in [4.69, 9.17) is 16.7 Å². The highest BCUT2D eigenvalue weighted by molar-refractivity contribution is 6.30. The average molecular weight is 415 g/mol. The van der Waals surface area contributed by atoms with Gasteiger partial charge >= 0.3 is 0 Å². The van der Waals surface area contributed by atoms with Crippen molar-refractivity contribution in [1.82, 2.24) is 9.78 Å². The number of halogens is 1. The molecule has 0 bridgehead atoms. The molecular weight excluding hydrogens is 388 g/mol. The van der Waals surface area contributed by atoms with E-state index in [-0.39, 0.29) is 0 Å². The van der Waals surface area contributed by atoms with Gasteiger partial charge in [0.25, 0.3) is 0 Å². The minimum atomic E-state index is 0.700. The summed E-state index contributed by atoms with van der Waals surface area (Å²) in [5.74, 6) is 0. The Morgan fingerprint density at radius 3 is 1.87 bits per heavy atom. The van der Waals surface area contributed by atoms with Crippen molar-refractivity contribution in [3.8, 4) is 22.5 Å². The molecule has 0 aliphatic rings. The summed E-state index contributed by atoms with van der Waals surface area (Å²) in [7, 11) is 0. The molecule has 4 rings (SSSR count). The zero-order chi connectivity index (χ0) is 21.4. The standard InChI is InChI=1S/C27H27ClN2/c1-17-6-10-23(14-19(17)3)26-21(5)27(24-11-7-18(2)20(4)15-24)30(29-26)16-22-8-12-25(28)13-9-22/h6-15H,16H2,1-5H3. The summed E-state index contributed by atoms with van der Waals surface area (Å²) >= 11 is 6.09. The van der Waals surface area contributed by atoms with E-state index in [1.54, 1.807) is 0 Å². The maximum absolute atomic E-state index is 6.09. The first kappa shape index (κ1) is 20.4. The summed E-state index contributed by atoms with van der Waals surface area (Å²) < 4.78 is 2.13. The zero-order valence-electron chi connectivity index (χ0n) is 18.3. The first-order valence-corrected chi connectivity index (χ1v) is 10.7. The van der Waals surface area contributed by atoms with Crippen LogP contribution in [0.3, 0.4) is 0 Å². The highest BCUT2D eigenvalue weighted by Crippen LogP contribution is 2.34. The van der Waals surface area contributed by atoms with Gasteiger partial charge in [0.1, 0.15) is 0 Å². The molecule has 0 spiro atoms. The van der Waals surface area contributed by atoms with E-state index < -0.39 is 0 Å². The molecule has 0 atom stereocenters. The summed E-state index contributed by atoms with van der Waals surface area (Å²) in [6, 6.07) is 21.3. The Labute approximate surface area is 184 Å². The molecule has 4 aromatic rings. The highest BCUT2D eigenvalue weighted by Gasteiger charge is 2.18. The fourth-order valence-electron chi connectivity index (χ4n) is 3.85. The predicted molar refractivity (Wildman–Crippen MR) is 127 cm³/mol. The van der Waals surface area contributed by atoms with Crippen molar-refractivity contribution >= 4 is 11.6 Å². The minimum absolute atomic E-state index is 0.700. The monoisotopic (exact) mass is 414 g/mol. The Morgan fingerprint density at radius 2 is 1.27 bits per heavy atom. The number of nitrogens with zero attached hydrogens (tertiary/aromatic N) is 2. The summed E-state index contributed by atoms with van der Waals surface area (Å²) in [6.07, 6.45) is 0. The lowest BCUT2D eigenvalue weighted by Gasteiger charge is -2.11. The molecule has 0 N–H and O–H groups in total. The van der Waals surface area contributed by atoms with Crippen LogP contribution in [0.4, 0.5) is 0 Å². The zero-order valence-corrected chi connectivity index (χ0v) is 19.0. The Balaban J connectivity index is 1.88. The minimum Gasteiger partial charge on any atom is -0.260 e. The second-order valence-electron chi connectivity index (χ2n) is 8.20. The van der Waals surface area contributed by atoms with E-state index in [2.05, 4.69) is 87.8 Å². The van der Waals surface area contributed by atoms with Gasteiger partial charge in [-0.15, -0.1) is 0 Å². The van der Waals surface area contributed by atoms with Gasteiger partial charge in [-0.05, 0) is 86.7 Å². The lowest BCUT2D eigenvalue weighted by Crippen LogP contribution is -2.04. The highest BCUT2D eigenvalue weighted by atomic mass is 35.5. The van der Waals surface area contributed by atoms with E-state index in [1.807, 2.05) is 12.1 Å². The normalized spacial score (nSPS) is 11.1. The fourth-order valence-corrected chi connectivity index (χ4v) is 3.97. The third-order valence-corrected chi connectivity index (χ3v) is 6.25. The molecule has 152 valence electrons. The largest absolute Gasteiger partial charge is 0.260 e. The van der Waals surface area contributed by atoms with E-state index in [9.17, 15) is 0 Å². The summed E-state index contributed by atoms with van der Waals surface area (Å²) in [5, 5.41) is 5.83. The number of hydrogen-bond acceptors (Lipinski definition) is 1. The number of benzene rings is 3. The number of hydrogen-bond donors (Lipinski definition) is 0. The maximum atomic E-state index is 6.09. The van der Waals surface area contributed by atoms with Crippen LogP contribution >= 0.6 is 11.6 Å². The van der Waals surface area contributed by atoms with Crippen molar-refractivity contribution < 1.29 is 0 Å². The third-order valence-electron chi connectivity index (χ3n) is 6.00. The lowest BCUT2D eigenvalue weighted by atomic mass is 9.98. The quantitative estimate of drug-likeness (QED) is 0.338. The molecule has 2 nitrogen and oxygen atoms in total. The fraction of sp³-hybridized carbons (Fsp3) is 0.222. The summed E-state index contributed by atoms with van der Waals surface area (Å²) in [6.45, 7) is 11.5. The molecule has 30 heavy (non-hydrogen) atoms. The molecule has 3 heteroatoms. The lowest BCUT2D eigenvalue weighted by molar-refractivity contribution is 0.696. The van der Waals surface area contributed by atoms with Gasteiger partial charge in [0.2, 0.25) is 0 Å². The van der Waals surface area contributed by atoms with Crippen LogP contribution < -0.4 is 0 Å². The van der Waals surface area contributed by atoms with Crippen LogP contribution in [0.15, 0.2) is 60.7 Å². The third kappa shape index (κ3) is 3.93. The number of aryl methyl sites for hydroxylation is 4. The van der Waals surface area contributed by atoms with Crippen LogP contribution in [0.2, 0.25) is 5.02 Å². The Bertz CT molecular complexity index is 1220. The molecule has 0 saturated carbocycles. The van der Waals surface area contributed by atoms with E-state index in [1.165, 1.54) is 44.6 Å². The molecule has 0 fully saturated rings. The molecule has 0 unspecified atom stereocenters. The molecule has 0 saturated heterocycles. The van der Waals surface area contributed by atoms with Gasteiger partial charge in [-0.2, -0.15) is 5.10 Å². The van der Waals surface area contributed by atoms with Crippen LogP contribution in [0, 0.1) is 34.6 Å².